The first-order valence-corrected chi connectivity index (χ1v) is 4.65. The summed E-state index contributed by atoms with van der Waals surface area (Å²) >= 11 is 0. The zero-order chi connectivity index (χ0) is 10.1. The Balaban J connectivity index is 3.73. The highest BCUT2D eigenvalue weighted by atomic mass is 16.5. The SMILES string of the molecule is C#CC(C)NC(CCCN)COC. The first-order valence-electron chi connectivity index (χ1n) is 4.65. The molecule has 3 heteroatoms. The molecule has 0 amide bonds. The lowest BCUT2D eigenvalue weighted by Gasteiger charge is -2.19. The van der Waals surface area contributed by atoms with Crippen molar-refractivity contribution in [3.05, 3.63) is 0 Å². The smallest absolute Gasteiger partial charge is 0.0661 e. The summed E-state index contributed by atoms with van der Waals surface area (Å²) in [5.74, 6) is 2.63. The first kappa shape index (κ1) is 12.4. The first-order chi connectivity index (χ1) is 6.24. The number of methoxy groups -OCH3 is 1. The lowest BCUT2D eigenvalue weighted by Crippen LogP contribution is -2.39. The van der Waals surface area contributed by atoms with E-state index in [1.807, 2.05) is 6.92 Å². The van der Waals surface area contributed by atoms with Gasteiger partial charge < -0.3 is 10.5 Å². The second kappa shape index (κ2) is 8.06. The third-order valence-electron chi connectivity index (χ3n) is 1.86. The molecule has 3 N–H and O–H groups in total. The second-order valence-electron chi connectivity index (χ2n) is 3.14. The number of hydrogen-bond acceptors (Lipinski definition) is 3. The molecule has 0 bridgehead atoms. The molecule has 0 aromatic carbocycles. The highest BCUT2D eigenvalue weighted by molar-refractivity contribution is 4.97. The fraction of sp³-hybridized carbons (Fsp3) is 0.800. The third kappa shape index (κ3) is 6.59. The molecule has 0 saturated heterocycles. The van der Waals surface area contributed by atoms with Gasteiger partial charge in [0.1, 0.15) is 0 Å². The molecule has 0 rings (SSSR count). The summed E-state index contributed by atoms with van der Waals surface area (Å²) < 4.78 is 5.07. The van der Waals surface area contributed by atoms with Crippen LogP contribution in [0.3, 0.4) is 0 Å². The fourth-order valence-corrected chi connectivity index (χ4v) is 1.18. The average molecular weight is 184 g/mol. The summed E-state index contributed by atoms with van der Waals surface area (Å²) in [4.78, 5) is 0. The molecular weight excluding hydrogens is 164 g/mol. The Hall–Kier alpha value is -0.560. The molecule has 0 heterocycles. The molecule has 0 aliphatic heterocycles. The second-order valence-corrected chi connectivity index (χ2v) is 3.14. The molecule has 0 radical (unpaired) electrons. The zero-order valence-corrected chi connectivity index (χ0v) is 8.55. The van der Waals surface area contributed by atoms with Crippen molar-refractivity contribution in [2.45, 2.75) is 31.8 Å². The van der Waals surface area contributed by atoms with Gasteiger partial charge in [-0.15, -0.1) is 6.42 Å². The van der Waals surface area contributed by atoms with Crippen LogP contribution in [0.25, 0.3) is 0 Å². The Morgan fingerprint density at radius 1 is 1.62 bits per heavy atom. The van der Waals surface area contributed by atoms with Crippen molar-refractivity contribution < 1.29 is 4.74 Å². The summed E-state index contributed by atoms with van der Waals surface area (Å²) in [7, 11) is 1.69. The van der Waals surface area contributed by atoms with Gasteiger partial charge >= 0.3 is 0 Å². The molecule has 0 aromatic heterocycles. The van der Waals surface area contributed by atoms with Crippen LogP contribution in [0.1, 0.15) is 19.8 Å². The van der Waals surface area contributed by atoms with Crippen molar-refractivity contribution in [2.75, 3.05) is 20.3 Å². The van der Waals surface area contributed by atoms with Crippen LogP contribution >= 0.6 is 0 Å². The predicted molar refractivity (Wildman–Crippen MR) is 55.4 cm³/mol. The third-order valence-corrected chi connectivity index (χ3v) is 1.86. The monoisotopic (exact) mass is 184 g/mol. The van der Waals surface area contributed by atoms with Crippen molar-refractivity contribution in [2.24, 2.45) is 5.73 Å². The lowest BCUT2D eigenvalue weighted by atomic mass is 10.1. The number of terminal acetylenes is 1. The molecule has 0 aromatic rings. The van der Waals surface area contributed by atoms with E-state index >= 15 is 0 Å². The van der Waals surface area contributed by atoms with Crippen LogP contribution in [0.4, 0.5) is 0 Å². The maximum Gasteiger partial charge on any atom is 0.0661 e. The molecule has 0 fully saturated rings. The Labute approximate surface area is 81.0 Å². The van der Waals surface area contributed by atoms with E-state index in [2.05, 4.69) is 11.2 Å². The van der Waals surface area contributed by atoms with Gasteiger partial charge in [0, 0.05) is 13.2 Å². The van der Waals surface area contributed by atoms with Crippen LogP contribution in [-0.2, 0) is 4.74 Å². The minimum Gasteiger partial charge on any atom is -0.383 e. The number of nitrogens with two attached hydrogens (primary N) is 1. The van der Waals surface area contributed by atoms with Crippen molar-refractivity contribution >= 4 is 0 Å². The van der Waals surface area contributed by atoms with Crippen LogP contribution in [0, 0.1) is 12.3 Å². The molecule has 76 valence electrons. The Kier molecular flexibility index (Phi) is 7.71. The maximum atomic E-state index is 5.43. The standard InChI is InChI=1S/C10H20N2O/c1-4-9(2)12-10(8-13-3)6-5-7-11/h1,9-10,12H,5-8,11H2,2-3H3. The molecule has 13 heavy (non-hydrogen) atoms. The van der Waals surface area contributed by atoms with E-state index in [1.54, 1.807) is 7.11 Å². The van der Waals surface area contributed by atoms with Gasteiger partial charge in [-0.3, -0.25) is 5.32 Å². The van der Waals surface area contributed by atoms with Crippen LogP contribution in [0.2, 0.25) is 0 Å². The summed E-state index contributed by atoms with van der Waals surface area (Å²) in [6.45, 7) is 3.36. The van der Waals surface area contributed by atoms with Crippen LogP contribution in [-0.4, -0.2) is 32.3 Å². The molecule has 0 aliphatic rings. The molecule has 0 spiro atoms. The van der Waals surface area contributed by atoms with Gasteiger partial charge in [0.05, 0.1) is 12.6 Å². The quantitative estimate of drug-likeness (QED) is 0.561. The van der Waals surface area contributed by atoms with Crippen LogP contribution in [0.5, 0.6) is 0 Å². The normalized spacial score (nSPS) is 14.9. The van der Waals surface area contributed by atoms with E-state index in [0.717, 1.165) is 12.8 Å². The average Bonchev–Trinajstić information content (AvgIpc) is 2.14. The zero-order valence-electron chi connectivity index (χ0n) is 8.55. The molecule has 3 nitrogen and oxygen atoms in total. The van der Waals surface area contributed by atoms with Gasteiger partial charge in [-0.25, -0.2) is 0 Å². The number of ether oxygens (including phenoxy) is 1. The van der Waals surface area contributed by atoms with Gasteiger partial charge in [0.15, 0.2) is 0 Å². The van der Waals surface area contributed by atoms with E-state index in [-0.39, 0.29) is 6.04 Å². The van der Waals surface area contributed by atoms with Gasteiger partial charge in [-0.1, -0.05) is 5.92 Å². The van der Waals surface area contributed by atoms with Crippen LogP contribution in [0.15, 0.2) is 0 Å². The minimum atomic E-state index is 0.0953. The van der Waals surface area contributed by atoms with E-state index in [9.17, 15) is 0 Å². The molecule has 2 unspecified atom stereocenters. The fourth-order valence-electron chi connectivity index (χ4n) is 1.18. The molecule has 0 saturated carbocycles. The van der Waals surface area contributed by atoms with Crippen molar-refractivity contribution in [3.8, 4) is 12.3 Å². The number of hydrogen-bond donors (Lipinski definition) is 2. The van der Waals surface area contributed by atoms with Gasteiger partial charge in [0.2, 0.25) is 0 Å². The largest absolute Gasteiger partial charge is 0.383 e. The minimum absolute atomic E-state index is 0.0953. The Morgan fingerprint density at radius 3 is 2.77 bits per heavy atom. The van der Waals surface area contributed by atoms with Gasteiger partial charge in [0.25, 0.3) is 0 Å². The summed E-state index contributed by atoms with van der Waals surface area (Å²) in [6, 6.07) is 0.414. The summed E-state index contributed by atoms with van der Waals surface area (Å²) in [5, 5.41) is 3.29. The Morgan fingerprint density at radius 2 is 2.31 bits per heavy atom. The van der Waals surface area contributed by atoms with Crippen molar-refractivity contribution in [1.29, 1.82) is 0 Å². The maximum absolute atomic E-state index is 5.43. The van der Waals surface area contributed by atoms with Crippen molar-refractivity contribution in [1.82, 2.24) is 5.32 Å². The highest BCUT2D eigenvalue weighted by Crippen LogP contribution is 1.98. The Bertz CT molecular complexity index is 153. The number of nitrogens with one attached hydrogen (secondary N) is 1. The molecule has 2 atom stereocenters. The summed E-state index contributed by atoms with van der Waals surface area (Å²) in [5.41, 5.74) is 5.43. The van der Waals surface area contributed by atoms with Crippen molar-refractivity contribution in [3.63, 3.8) is 0 Å². The van der Waals surface area contributed by atoms with E-state index in [0.29, 0.717) is 19.2 Å². The number of rotatable bonds is 7. The lowest BCUT2D eigenvalue weighted by molar-refractivity contribution is 0.160. The molecule has 0 aliphatic carbocycles. The predicted octanol–water partition coefficient (Wildman–Crippen LogP) is 0.352. The van der Waals surface area contributed by atoms with E-state index < -0.39 is 0 Å². The molecular formula is C10H20N2O. The summed E-state index contributed by atoms with van der Waals surface area (Å²) in [6.07, 6.45) is 7.28. The van der Waals surface area contributed by atoms with E-state index in [1.165, 1.54) is 0 Å². The highest BCUT2D eigenvalue weighted by Gasteiger charge is 2.09. The van der Waals surface area contributed by atoms with Gasteiger partial charge in [-0.05, 0) is 26.3 Å². The van der Waals surface area contributed by atoms with Gasteiger partial charge in [-0.2, -0.15) is 0 Å². The topological polar surface area (TPSA) is 47.3 Å². The van der Waals surface area contributed by atoms with Crippen LogP contribution < -0.4 is 11.1 Å². The van der Waals surface area contributed by atoms with E-state index in [4.69, 9.17) is 16.9 Å².